The molecule has 0 heterocycles. The van der Waals surface area contributed by atoms with E-state index in [1.165, 1.54) is 0 Å². The van der Waals surface area contributed by atoms with Crippen molar-refractivity contribution in [2.45, 2.75) is 20.3 Å². The van der Waals surface area contributed by atoms with Crippen molar-refractivity contribution in [1.82, 2.24) is 15.5 Å². The molecule has 0 bridgehead atoms. The molecule has 0 aliphatic carbocycles. The lowest BCUT2D eigenvalue weighted by molar-refractivity contribution is -0.649. The van der Waals surface area contributed by atoms with Crippen LogP contribution in [0.25, 0.3) is 0 Å². The van der Waals surface area contributed by atoms with Gasteiger partial charge in [0.15, 0.2) is 5.96 Å². The summed E-state index contributed by atoms with van der Waals surface area (Å²) in [4.78, 5) is 6.72. The number of hydrogen-bond donors (Lipinski definition) is 3. The number of quaternary nitrogens is 1. The van der Waals surface area contributed by atoms with E-state index in [0.29, 0.717) is 0 Å². The van der Waals surface area contributed by atoms with E-state index in [9.17, 15) is 0 Å². The van der Waals surface area contributed by atoms with Crippen LogP contribution in [0.2, 0.25) is 0 Å². The molecule has 17 heavy (non-hydrogen) atoms. The Morgan fingerprint density at radius 1 is 1.24 bits per heavy atom. The largest absolute Gasteiger partial charge is 0.357 e. The Morgan fingerprint density at radius 2 is 2.00 bits per heavy atom. The lowest BCUT2D eigenvalue weighted by Gasteiger charge is -2.11. The first-order valence-electron chi connectivity index (χ1n) is 6.69. The van der Waals surface area contributed by atoms with Gasteiger partial charge >= 0.3 is 0 Å². The molecule has 0 saturated heterocycles. The van der Waals surface area contributed by atoms with E-state index >= 15 is 0 Å². The molecule has 0 aromatic rings. The minimum Gasteiger partial charge on any atom is -0.357 e. The van der Waals surface area contributed by atoms with Crippen molar-refractivity contribution in [1.29, 1.82) is 0 Å². The predicted molar refractivity (Wildman–Crippen MR) is 74.5 cm³/mol. The first kappa shape index (κ1) is 16.2. The molecule has 0 aromatic heterocycles. The van der Waals surface area contributed by atoms with Crippen molar-refractivity contribution in [2.75, 3.05) is 53.4 Å². The minimum absolute atomic E-state index is 0.880. The number of nitrogens with one attached hydrogen (secondary N) is 2. The highest BCUT2D eigenvalue weighted by Gasteiger charge is 1.96. The summed E-state index contributed by atoms with van der Waals surface area (Å²) in [6.07, 6.45) is 1.10. The quantitative estimate of drug-likeness (QED) is 0.279. The smallest absolute Gasteiger partial charge is 0.191 e. The molecule has 5 nitrogen and oxygen atoms in total. The van der Waals surface area contributed by atoms with Gasteiger partial charge in [-0.25, -0.2) is 0 Å². The van der Waals surface area contributed by atoms with Crippen LogP contribution >= 0.6 is 0 Å². The van der Waals surface area contributed by atoms with Gasteiger partial charge in [-0.3, -0.25) is 4.99 Å². The second-order valence-electron chi connectivity index (χ2n) is 4.33. The van der Waals surface area contributed by atoms with Crippen LogP contribution in [0.4, 0.5) is 0 Å². The Kier molecular flexibility index (Phi) is 11.1. The standard InChI is InChI=1S/C12H29N5/c1-5-13-9-10-16-12(14-6-2)15-8-7-11-17(3)4/h13H,5-11H2,1-4H3,(H2,14,15,16)/p+1. The maximum absolute atomic E-state index is 4.54. The Hall–Kier alpha value is -0.810. The molecule has 0 spiro atoms. The van der Waals surface area contributed by atoms with E-state index in [4.69, 9.17) is 0 Å². The van der Waals surface area contributed by atoms with Gasteiger partial charge in [0, 0.05) is 13.1 Å². The molecule has 0 radical (unpaired) electrons. The molecule has 0 atom stereocenters. The van der Waals surface area contributed by atoms with Crippen LogP contribution in [-0.2, 0) is 0 Å². The van der Waals surface area contributed by atoms with Crippen LogP contribution in [0.1, 0.15) is 20.3 Å². The number of hydrogen-bond acceptors (Lipinski definition) is 2. The normalized spacial score (nSPS) is 11.9. The van der Waals surface area contributed by atoms with Crippen molar-refractivity contribution >= 4 is 5.96 Å². The van der Waals surface area contributed by atoms with Crippen molar-refractivity contribution in [3.05, 3.63) is 0 Å². The van der Waals surface area contributed by atoms with Crippen LogP contribution in [-0.4, -0.2) is 64.2 Å². The topological polar surface area (TPSA) is 56.3 Å². The zero-order valence-corrected chi connectivity index (χ0v) is 11.9. The number of aliphatic imine (C=N–C) groups is 1. The second-order valence-corrected chi connectivity index (χ2v) is 4.33. The van der Waals surface area contributed by atoms with E-state index in [2.05, 4.69) is 53.8 Å². The Labute approximate surface area is 106 Å². The average molecular weight is 244 g/mol. The summed E-state index contributed by atoms with van der Waals surface area (Å²) in [6, 6.07) is 0. The van der Waals surface area contributed by atoms with Crippen molar-refractivity contribution in [2.24, 2.45) is 4.99 Å². The fraction of sp³-hybridized carbons (Fsp3) is 0.917. The van der Waals surface area contributed by atoms with Gasteiger partial charge < -0.3 is 20.9 Å². The van der Waals surface area contributed by atoms with Crippen LogP contribution in [0.5, 0.6) is 0 Å². The molecule has 4 N–H and O–H groups in total. The second kappa shape index (κ2) is 11.7. The van der Waals surface area contributed by atoms with Crippen molar-refractivity contribution in [3.8, 4) is 0 Å². The summed E-state index contributed by atoms with van der Waals surface area (Å²) in [6.45, 7) is 10.3. The van der Waals surface area contributed by atoms with Gasteiger partial charge in [0.25, 0.3) is 0 Å². The lowest BCUT2D eigenvalue weighted by Crippen LogP contribution is -2.85. The maximum atomic E-state index is 4.54. The molecule has 0 aromatic carbocycles. The molecular formula is C12H30N5+. The van der Waals surface area contributed by atoms with Gasteiger partial charge in [-0.1, -0.05) is 0 Å². The zero-order valence-electron chi connectivity index (χ0n) is 11.9. The third kappa shape index (κ3) is 11.5. The van der Waals surface area contributed by atoms with Crippen molar-refractivity contribution in [3.63, 3.8) is 0 Å². The molecule has 102 valence electrons. The number of guanidine groups is 1. The van der Waals surface area contributed by atoms with Crippen LogP contribution < -0.4 is 16.0 Å². The van der Waals surface area contributed by atoms with E-state index in [1.807, 2.05) is 0 Å². The predicted octanol–water partition coefficient (Wildman–Crippen LogP) is -0.923. The molecule has 5 heteroatoms. The lowest BCUT2D eigenvalue weighted by atomic mass is 10.4. The van der Waals surface area contributed by atoms with Crippen molar-refractivity contribution < 1.29 is 5.32 Å². The maximum Gasteiger partial charge on any atom is 0.191 e. The SMILES string of the molecule is CCNC(=NCCCN(C)C)NCC[NH2+]CC. The fourth-order valence-electron chi connectivity index (χ4n) is 1.42. The summed E-state index contributed by atoms with van der Waals surface area (Å²) in [5.74, 6) is 0.941. The molecule has 0 amide bonds. The van der Waals surface area contributed by atoms with Gasteiger partial charge in [-0.05, 0) is 40.9 Å². The van der Waals surface area contributed by atoms with E-state index in [1.54, 1.807) is 0 Å². The third-order valence-electron chi connectivity index (χ3n) is 2.31. The molecule has 0 aliphatic heterocycles. The highest BCUT2D eigenvalue weighted by molar-refractivity contribution is 5.79. The summed E-state index contributed by atoms with van der Waals surface area (Å²) in [5, 5.41) is 8.88. The summed E-state index contributed by atoms with van der Waals surface area (Å²) in [5.41, 5.74) is 0. The van der Waals surface area contributed by atoms with Crippen LogP contribution in [0, 0.1) is 0 Å². The van der Waals surface area contributed by atoms with E-state index in [-0.39, 0.29) is 0 Å². The fourth-order valence-corrected chi connectivity index (χ4v) is 1.42. The van der Waals surface area contributed by atoms with Gasteiger partial charge in [0.1, 0.15) is 0 Å². The third-order valence-corrected chi connectivity index (χ3v) is 2.31. The summed E-state index contributed by atoms with van der Waals surface area (Å²) in [7, 11) is 4.18. The average Bonchev–Trinajstić information content (AvgIpc) is 2.29. The summed E-state index contributed by atoms with van der Waals surface area (Å²) < 4.78 is 0. The summed E-state index contributed by atoms with van der Waals surface area (Å²) >= 11 is 0. The highest BCUT2D eigenvalue weighted by Crippen LogP contribution is 1.84. The number of nitrogens with zero attached hydrogens (tertiary/aromatic N) is 2. The Balaban J connectivity index is 3.74. The van der Waals surface area contributed by atoms with Crippen LogP contribution in [0.15, 0.2) is 4.99 Å². The minimum atomic E-state index is 0.880. The molecule has 0 unspecified atom stereocenters. The zero-order chi connectivity index (χ0) is 12.9. The van der Waals surface area contributed by atoms with E-state index in [0.717, 1.165) is 51.6 Å². The van der Waals surface area contributed by atoms with Gasteiger partial charge in [0.05, 0.1) is 19.6 Å². The van der Waals surface area contributed by atoms with Crippen LogP contribution in [0.3, 0.4) is 0 Å². The first-order valence-corrected chi connectivity index (χ1v) is 6.69. The highest BCUT2D eigenvalue weighted by atomic mass is 15.2. The molecule has 0 aliphatic rings. The van der Waals surface area contributed by atoms with E-state index < -0.39 is 0 Å². The molecule has 0 saturated carbocycles. The number of nitrogens with two attached hydrogens (primary N) is 1. The molecule has 0 rings (SSSR count). The molecule has 0 fully saturated rings. The van der Waals surface area contributed by atoms with Gasteiger partial charge in [-0.2, -0.15) is 0 Å². The molecular weight excluding hydrogens is 214 g/mol. The number of rotatable bonds is 9. The Morgan fingerprint density at radius 3 is 2.59 bits per heavy atom. The number of likely N-dealkylation sites (N-methyl/N-ethyl adjacent to an activating group) is 1. The first-order chi connectivity index (χ1) is 8.20. The monoisotopic (exact) mass is 244 g/mol. The van der Waals surface area contributed by atoms with Gasteiger partial charge in [0.2, 0.25) is 0 Å². The van der Waals surface area contributed by atoms with Gasteiger partial charge in [-0.15, -0.1) is 0 Å². The Bertz CT molecular complexity index is 191.